The van der Waals surface area contributed by atoms with Gasteiger partial charge in [0.25, 0.3) is 5.91 Å². The van der Waals surface area contributed by atoms with Crippen molar-refractivity contribution in [3.8, 4) is 5.75 Å². The number of phenols is 1. The second-order valence-corrected chi connectivity index (χ2v) is 9.66. The lowest BCUT2D eigenvalue weighted by Crippen LogP contribution is -2.31. The number of carbonyl (C=O) groups is 1. The topological polar surface area (TPSA) is 86.7 Å². The molecule has 1 aliphatic heterocycles. The minimum atomic E-state index is -4.16. The van der Waals surface area contributed by atoms with Crippen LogP contribution in [0.25, 0.3) is 0 Å². The van der Waals surface area contributed by atoms with Crippen molar-refractivity contribution in [1.29, 1.82) is 0 Å². The van der Waals surface area contributed by atoms with Crippen LogP contribution < -0.4 is 9.03 Å². The molecule has 27 heavy (non-hydrogen) atoms. The summed E-state index contributed by atoms with van der Waals surface area (Å²) in [6.07, 6.45) is 9.64. The number of carbonyl (C=O) groups excluding carboxylic acids is 1. The second-order valence-electron chi connectivity index (χ2n) is 8.07. The highest BCUT2D eigenvalue weighted by Crippen LogP contribution is 2.41. The third kappa shape index (κ3) is 3.51. The molecule has 0 bridgehead atoms. The van der Waals surface area contributed by atoms with E-state index in [9.17, 15) is 18.3 Å². The smallest absolute Gasteiger partial charge is 0.326 e. The van der Waals surface area contributed by atoms with Gasteiger partial charge in [0.05, 0.1) is 0 Å². The van der Waals surface area contributed by atoms with Crippen LogP contribution in [0, 0.1) is 17.7 Å². The molecule has 2 aliphatic carbocycles. The first-order valence-corrected chi connectivity index (χ1v) is 11.2. The predicted octanol–water partition coefficient (Wildman–Crippen LogP) is 2.79. The van der Waals surface area contributed by atoms with E-state index >= 15 is 4.39 Å². The van der Waals surface area contributed by atoms with Gasteiger partial charge in [-0.2, -0.15) is 8.42 Å². The van der Waals surface area contributed by atoms with Gasteiger partial charge < -0.3 is 5.11 Å². The van der Waals surface area contributed by atoms with Gasteiger partial charge in [-0.3, -0.25) is 4.79 Å². The van der Waals surface area contributed by atoms with Crippen LogP contribution in [-0.2, 0) is 27.8 Å². The van der Waals surface area contributed by atoms with Gasteiger partial charge in [0, 0.05) is 0 Å². The Hall–Kier alpha value is -1.83. The van der Waals surface area contributed by atoms with Crippen molar-refractivity contribution in [2.45, 2.75) is 57.8 Å². The zero-order valence-corrected chi connectivity index (χ0v) is 16.0. The summed E-state index contributed by atoms with van der Waals surface area (Å²) in [5, 5.41) is 10.2. The van der Waals surface area contributed by atoms with Crippen LogP contribution in [0.4, 0.5) is 10.1 Å². The fourth-order valence-electron chi connectivity index (χ4n) is 4.52. The largest absolute Gasteiger partial charge is 0.506 e. The molecule has 6 nitrogen and oxygen atoms in total. The molecule has 1 aromatic carbocycles. The van der Waals surface area contributed by atoms with Crippen LogP contribution in [0.1, 0.15) is 56.1 Å². The lowest BCUT2D eigenvalue weighted by Gasteiger charge is -2.29. The Balaban J connectivity index is 1.54. The first-order chi connectivity index (χ1) is 12.8. The predicted molar refractivity (Wildman–Crippen MR) is 99.2 cm³/mol. The molecule has 8 heteroatoms. The number of fused-ring (bicyclic) bond motifs is 1. The average Bonchev–Trinajstić information content (AvgIpc) is 2.82. The van der Waals surface area contributed by atoms with Crippen LogP contribution in [0.3, 0.4) is 0 Å². The first kappa shape index (κ1) is 18.5. The number of amides is 1. The number of benzene rings is 1. The fourth-order valence-corrected chi connectivity index (χ4v) is 5.68. The van der Waals surface area contributed by atoms with Crippen molar-refractivity contribution in [1.82, 2.24) is 4.72 Å². The Bertz CT molecular complexity index is 867. The highest BCUT2D eigenvalue weighted by molar-refractivity contribution is 7.92. The molecule has 1 saturated carbocycles. The number of halogens is 1. The number of phenolic OH excluding ortho intramolecular Hbond substituents is 1. The van der Waals surface area contributed by atoms with Gasteiger partial charge in [-0.05, 0) is 48.3 Å². The zero-order valence-electron chi connectivity index (χ0n) is 15.2. The van der Waals surface area contributed by atoms with Gasteiger partial charge in [0.2, 0.25) is 0 Å². The van der Waals surface area contributed by atoms with Crippen LogP contribution in [0.15, 0.2) is 6.07 Å². The van der Waals surface area contributed by atoms with Gasteiger partial charge in [0.1, 0.15) is 18.0 Å². The summed E-state index contributed by atoms with van der Waals surface area (Å²) in [7, 11) is -4.16. The van der Waals surface area contributed by atoms with Crippen LogP contribution >= 0.6 is 0 Å². The molecule has 0 aromatic heterocycles. The number of anilines is 1. The number of hydrogen-bond acceptors (Lipinski definition) is 4. The van der Waals surface area contributed by atoms with Crippen LogP contribution in [0.2, 0.25) is 0 Å². The Morgan fingerprint density at radius 2 is 1.96 bits per heavy atom. The van der Waals surface area contributed by atoms with Gasteiger partial charge in [0.15, 0.2) is 5.82 Å². The van der Waals surface area contributed by atoms with Crippen molar-refractivity contribution in [3.63, 3.8) is 0 Å². The maximum atomic E-state index is 15.2. The van der Waals surface area contributed by atoms with E-state index in [1.807, 2.05) is 4.72 Å². The Labute approximate surface area is 158 Å². The molecule has 2 fully saturated rings. The van der Waals surface area contributed by atoms with E-state index in [0.717, 1.165) is 30.7 Å². The van der Waals surface area contributed by atoms with E-state index in [4.69, 9.17) is 0 Å². The lowest BCUT2D eigenvalue weighted by molar-refractivity contribution is -0.117. The van der Waals surface area contributed by atoms with Crippen molar-refractivity contribution < 1.29 is 22.7 Å². The van der Waals surface area contributed by atoms with E-state index in [1.54, 1.807) is 0 Å². The molecule has 148 valence electrons. The Morgan fingerprint density at radius 3 is 2.59 bits per heavy atom. The standard InChI is InChI=1S/C19H25FN2O4S/c20-18-15-9-13(6-2-5-12-3-1-4-12)7-8-14(15)10-16(23)19(18)22-11-17(24)21-27(22,25)26/h10,12-13,23H,1-9,11H2,(H,21,24)/t13-/m1/s1. The summed E-state index contributed by atoms with van der Waals surface area (Å²) in [4.78, 5) is 11.5. The Morgan fingerprint density at radius 1 is 1.22 bits per heavy atom. The fraction of sp³-hybridized carbons (Fsp3) is 0.632. The number of nitrogens with one attached hydrogen (secondary N) is 1. The molecule has 1 aromatic rings. The molecule has 0 radical (unpaired) electrons. The summed E-state index contributed by atoms with van der Waals surface area (Å²) in [6, 6.07) is 1.46. The molecule has 0 spiro atoms. The lowest BCUT2D eigenvalue weighted by atomic mass is 9.78. The van der Waals surface area contributed by atoms with Crippen molar-refractivity contribution >= 4 is 21.8 Å². The number of aromatic hydroxyl groups is 1. The summed E-state index contributed by atoms with van der Waals surface area (Å²) in [5.74, 6) is -0.644. The monoisotopic (exact) mass is 396 g/mol. The zero-order chi connectivity index (χ0) is 19.2. The van der Waals surface area contributed by atoms with Crippen molar-refractivity contribution in [2.75, 3.05) is 10.8 Å². The number of aryl methyl sites for hydroxylation is 1. The molecular weight excluding hydrogens is 371 g/mol. The molecule has 1 atom stereocenters. The van der Waals surface area contributed by atoms with Gasteiger partial charge >= 0.3 is 10.2 Å². The van der Waals surface area contributed by atoms with Gasteiger partial charge in [-0.25, -0.2) is 13.4 Å². The van der Waals surface area contributed by atoms with E-state index in [0.29, 0.717) is 28.6 Å². The number of nitrogens with zero attached hydrogens (tertiary/aromatic N) is 1. The Kier molecular flexibility index (Phi) is 4.78. The molecule has 1 heterocycles. The SMILES string of the molecule is O=C1CN(c2c(O)cc3c(c2F)C[C@H](CCCC2CCC2)CC3)S(=O)(=O)N1. The number of rotatable bonds is 5. The molecule has 4 rings (SSSR count). The van der Waals surface area contributed by atoms with E-state index in [2.05, 4.69) is 0 Å². The molecule has 1 saturated heterocycles. The normalized spacial score (nSPS) is 24.4. The molecule has 1 amide bonds. The van der Waals surface area contributed by atoms with Gasteiger partial charge in [-0.1, -0.05) is 38.5 Å². The minimum Gasteiger partial charge on any atom is -0.506 e. The number of hydrogen-bond donors (Lipinski definition) is 2. The molecular formula is C19H25FN2O4S. The van der Waals surface area contributed by atoms with E-state index in [-0.39, 0.29) is 0 Å². The summed E-state index contributed by atoms with van der Waals surface area (Å²) >= 11 is 0. The molecule has 0 unspecified atom stereocenters. The summed E-state index contributed by atoms with van der Waals surface area (Å²) in [5.41, 5.74) is 0.805. The third-order valence-corrected chi connectivity index (χ3v) is 7.63. The summed E-state index contributed by atoms with van der Waals surface area (Å²) < 4.78 is 41.8. The minimum absolute atomic E-state index is 0.374. The quantitative estimate of drug-likeness (QED) is 0.801. The van der Waals surface area contributed by atoms with E-state index < -0.39 is 39.9 Å². The maximum absolute atomic E-state index is 15.2. The van der Waals surface area contributed by atoms with Crippen molar-refractivity contribution in [2.24, 2.45) is 11.8 Å². The van der Waals surface area contributed by atoms with E-state index in [1.165, 1.54) is 31.7 Å². The molecule has 3 aliphatic rings. The highest BCUT2D eigenvalue weighted by Gasteiger charge is 2.39. The van der Waals surface area contributed by atoms with Crippen LogP contribution in [-0.4, -0.2) is 26.0 Å². The van der Waals surface area contributed by atoms with Crippen LogP contribution in [0.5, 0.6) is 5.75 Å². The third-order valence-electron chi connectivity index (χ3n) is 6.25. The van der Waals surface area contributed by atoms with Crippen molar-refractivity contribution in [3.05, 3.63) is 23.0 Å². The second kappa shape index (κ2) is 6.96. The maximum Gasteiger partial charge on any atom is 0.326 e. The average molecular weight is 396 g/mol. The summed E-state index contributed by atoms with van der Waals surface area (Å²) in [6.45, 7) is -0.517. The molecule has 2 N–H and O–H groups in total. The van der Waals surface area contributed by atoms with Gasteiger partial charge in [-0.15, -0.1) is 0 Å². The highest BCUT2D eigenvalue weighted by atomic mass is 32.2. The first-order valence-electron chi connectivity index (χ1n) is 9.71.